The SMILES string of the molecule is Cc1ccc(S(=O)(=O)Nc2cccc(-c3n[nH]c(C)n3)c2)c(C)c1. The van der Waals surface area contributed by atoms with Crippen molar-refractivity contribution in [3.63, 3.8) is 0 Å². The van der Waals surface area contributed by atoms with Gasteiger partial charge < -0.3 is 0 Å². The highest BCUT2D eigenvalue weighted by Gasteiger charge is 2.17. The van der Waals surface area contributed by atoms with E-state index in [1.54, 1.807) is 37.3 Å². The van der Waals surface area contributed by atoms with Gasteiger partial charge in [0.15, 0.2) is 5.82 Å². The Labute approximate surface area is 141 Å². The topological polar surface area (TPSA) is 87.7 Å². The van der Waals surface area contributed by atoms with Gasteiger partial charge in [-0.2, -0.15) is 5.10 Å². The van der Waals surface area contributed by atoms with E-state index in [0.29, 0.717) is 22.9 Å². The molecule has 3 rings (SSSR count). The Bertz CT molecular complexity index is 993. The summed E-state index contributed by atoms with van der Waals surface area (Å²) in [7, 11) is -3.65. The lowest BCUT2D eigenvalue weighted by molar-refractivity contribution is 0.600. The first kappa shape index (κ1) is 16.2. The second kappa shape index (κ2) is 6.09. The minimum atomic E-state index is -3.65. The lowest BCUT2D eigenvalue weighted by Gasteiger charge is -2.11. The van der Waals surface area contributed by atoms with Crippen molar-refractivity contribution in [1.82, 2.24) is 15.2 Å². The molecule has 3 aromatic rings. The zero-order valence-electron chi connectivity index (χ0n) is 13.7. The fraction of sp³-hybridized carbons (Fsp3) is 0.176. The Kier molecular flexibility index (Phi) is 4.11. The third kappa shape index (κ3) is 3.30. The number of aromatic amines is 1. The van der Waals surface area contributed by atoms with Gasteiger partial charge in [0.25, 0.3) is 10.0 Å². The molecule has 0 aliphatic carbocycles. The number of rotatable bonds is 4. The lowest BCUT2D eigenvalue weighted by atomic mass is 10.2. The normalized spacial score (nSPS) is 11.5. The zero-order chi connectivity index (χ0) is 17.3. The number of H-pyrrole nitrogens is 1. The predicted octanol–water partition coefficient (Wildman–Crippen LogP) is 3.20. The van der Waals surface area contributed by atoms with E-state index in [1.165, 1.54) is 0 Å². The quantitative estimate of drug-likeness (QED) is 0.762. The number of hydrogen-bond donors (Lipinski definition) is 2. The summed E-state index contributed by atoms with van der Waals surface area (Å²) in [5.41, 5.74) is 2.94. The van der Waals surface area contributed by atoms with Gasteiger partial charge in [-0.15, -0.1) is 0 Å². The van der Waals surface area contributed by atoms with Crippen LogP contribution in [-0.4, -0.2) is 23.6 Å². The first-order valence-electron chi connectivity index (χ1n) is 7.45. The van der Waals surface area contributed by atoms with Crippen molar-refractivity contribution in [1.29, 1.82) is 0 Å². The van der Waals surface area contributed by atoms with Crippen molar-refractivity contribution in [2.45, 2.75) is 25.7 Å². The molecule has 0 saturated heterocycles. The number of nitrogens with zero attached hydrogens (tertiary/aromatic N) is 2. The highest BCUT2D eigenvalue weighted by Crippen LogP contribution is 2.23. The molecule has 2 N–H and O–H groups in total. The highest BCUT2D eigenvalue weighted by molar-refractivity contribution is 7.92. The van der Waals surface area contributed by atoms with E-state index >= 15 is 0 Å². The van der Waals surface area contributed by atoms with E-state index in [-0.39, 0.29) is 4.90 Å². The number of aromatic nitrogens is 3. The fourth-order valence-electron chi connectivity index (χ4n) is 2.50. The Hall–Kier alpha value is -2.67. The second-order valence-corrected chi connectivity index (χ2v) is 7.35. The van der Waals surface area contributed by atoms with Crippen molar-refractivity contribution >= 4 is 15.7 Å². The fourth-order valence-corrected chi connectivity index (χ4v) is 3.78. The molecule has 0 saturated carbocycles. The van der Waals surface area contributed by atoms with E-state index in [2.05, 4.69) is 19.9 Å². The van der Waals surface area contributed by atoms with Crippen LogP contribution in [0.2, 0.25) is 0 Å². The molecule has 0 spiro atoms. The van der Waals surface area contributed by atoms with Crippen molar-refractivity contribution in [2.75, 3.05) is 4.72 Å². The molecule has 6 nitrogen and oxygen atoms in total. The maximum Gasteiger partial charge on any atom is 0.262 e. The smallest absolute Gasteiger partial charge is 0.262 e. The largest absolute Gasteiger partial charge is 0.280 e. The summed E-state index contributed by atoms with van der Waals surface area (Å²) >= 11 is 0. The molecule has 124 valence electrons. The van der Waals surface area contributed by atoms with Gasteiger partial charge >= 0.3 is 0 Å². The molecule has 0 aliphatic heterocycles. The molecular formula is C17H18N4O2S. The molecule has 1 aromatic heterocycles. The molecule has 1 heterocycles. The summed E-state index contributed by atoms with van der Waals surface area (Å²) in [5, 5.41) is 6.87. The standard InChI is InChI=1S/C17H18N4O2S/c1-11-7-8-16(12(2)9-11)24(22,23)21-15-6-4-5-14(10-15)17-18-13(3)19-20-17/h4-10,21H,1-3H3,(H,18,19,20). The number of anilines is 1. The summed E-state index contributed by atoms with van der Waals surface area (Å²) in [6, 6.07) is 12.3. The highest BCUT2D eigenvalue weighted by atomic mass is 32.2. The van der Waals surface area contributed by atoms with E-state index in [1.807, 2.05) is 26.0 Å². The van der Waals surface area contributed by atoms with Gasteiger partial charge in [-0.3, -0.25) is 9.82 Å². The average molecular weight is 342 g/mol. The molecule has 0 radical (unpaired) electrons. The molecule has 0 bridgehead atoms. The van der Waals surface area contributed by atoms with Crippen LogP contribution in [0.3, 0.4) is 0 Å². The van der Waals surface area contributed by atoms with Gasteiger partial charge in [0, 0.05) is 11.3 Å². The van der Waals surface area contributed by atoms with Crippen LogP contribution in [0.15, 0.2) is 47.4 Å². The Morgan fingerprint density at radius 2 is 1.83 bits per heavy atom. The summed E-state index contributed by atoms with van der Waals surface area (Å²) in [4.78, 5) is 4.53. The monoisotopic (exact) mass is 342 g/mol. The molecule has 7 heteroatoms. The number of benzene rings is 2. The molecule has 0 aliphatic rings. The number of aryl methyl sites for hydroxylation is 3. The predicted molar refractivity (Wildman–Crippen MR) is 93.3 cm³/mol. The van der Waals surface area contributed by atoms with Gasteiger partial charge in [0.05, 0.1) is 4.90 Å². The minimum absolute atomic E-state index is 0.271. The van der Waals surface area contributed by atoms with Crippen LogP contribution >= 0.6 is 0 Å². The van der Waals surface area contributed by atoms with Crippen LogP contribution in [0.5, 0.6) is 0 Å². The maximum atomic E-state index is 12.6. The summed E-state index contributed by atoms with van der Waals surface area (Å²) in [6.07, 6.45) is 0. The average Bonchev–Trinajstić information content (AvgIpc) is 2.93. The molecule has 2 aromatic carbocycles. The van der Waals surface area contributed by atoms with E-state index in [4.69, 9.17) is 0 Å². The van der Waals surface area contributed by atoms with Gasteiger partial charge in [0.1, 0.15) is 5.82 Å². The lowest BCUT2D eigenvalue weighted by Crippen LogP contribution is -2.14. The molecule has 0 unspecified atom stereocenters. The Balaban J connectivity index is 1.93. The van der Waals surface area contributed by atoms with Crippen LogP contribution < -0.4 is 4.72 Å². The van der Waals surface area contributed by atoms with Crippen LogP contribution in [0.4, 0.5) is 5.69 Å². The summed E-state index contributed by atoms with van der Waals surface area (Å²) in [5.74, 6) is 1.23. The third-order valence-electron chi connectivity index (χ3n) is 3.59. The molecule has 0 fully saturated rings. The van der Waals surface area contributed by atoms with Crippen molar-refractivity contribution in [2.24, 2.45) is 0 Å². The van der Waals surface area contributed by atoms with Crippen molar-refractivity contribution < 1.29 is 8.42 Å². The van der Waals surface area contributed by atoms with Crippen molar-refractivity contribution in [3.05, 3.63) is 59.4 Å². The first-order chi connectivity index (χ1) is 11.3. The number of nitrogens with one attached hydrogen (secondary N) is 2. The van der Waals surface area contributed by atoms with Crippen molar-refractivity contribution in [3.8, 4) is 11.4 Å². The van der Waals surface area contributed by atoms with Crippen LogP contribution in [-0.2, 0) is 10.0 Å². The summed E-state index contributed by atoms with van der Waals surface area (Å²) in [6.45, 7) is 5.52. The molecule has 0 atom stereocenters. The third-order valence-corrected chi connectivity index (χ3v) is 5.13. The van der Waals surface area contributed by atoms with Crippen LogP contribution in [0.1, 0.15) is 17.0 Å². The van der Waals surface area contributed by atoms with Gasteiger partial charge in [0.2, 0.25) is 0 Å². The summed E-state index contributed by atoms with van der Waals surface area (Å²) < 4.78 is 27.9. The van der Waals surface area contributed by atoms with E-state index in [0.717, 1.165) is 11.1 Å². The number of sulfonamides is 1. The molecular weight excluding hydrogens is 324 g/mol. The molecule has 0 amide bonds. The van der Waals surface area contributed by atoms with Crippen LogP contribution in [0.25, 0.3) is 11.4 Å². The van der Waals surface area contributed by atoms with E-state index < -0.39 is 10.0 Å². The molecule has 24 heavy (non-hydrogen) atoms. The Morgan fingerprint density at radius 1 is 1.04 bits per heavy atom. The van der Waals surface area contributed by atoms with E-state index in [9.17, 15) is 8.42 Å². The Morgan fingerprint density at radius 3 is 2.50 bits per heavy atom. The number of hydrogen-bond acceptors (Lipinski definition) is 4. The first-order valence-corrected chi connectivity index (χ1v) is 8.93. The van der Waals surface area contributed by atoms with Crippen LogP contribution in [0, 0.1) is 20.8 Å². The minimum Gasteiger partial charge on any atom is -0.280 e. The maximum absolute atomic E-state index is 12.6. The van der Waals surface area contributed by atoms with Gasteiger partial charge in [-0.05, 0) is 44.5 Å². The zero-order valence-corrected chi connectivity index (χ0v) is 14.5. The second-order valence-electron chi connectivity index (χ2n) is 5.70. The van der Waals surface area contributed by atoms with Gasteiger partial charge in [-0.1, -0.05) is 29.8 Å². The van der Waals surface area contributed by atoms with Gasteiger partial charge in [-0.25, -0.2) is 13.4 Å².